The number of aromatic nitrogens is 8. The van der Waals surface area contributed by atoms with E-state index in [9.17, 15) is 9.35 Å². The van der Waals surface area contributed by atoms with Crippen molar-refractivity contribution in [3.8, 4) is 22.5 Å². The van der Waals surface area contributed by atoms with Crippen molar-refractivity contribution in [3.63, 3.8) is 0 Å². The first-order valence-electron chi connectivity index (χ1n) is 17.8. The zero-order valence-electron chi connectivity index (χ0n) is 31.0. The molecule has 0 aliphatic carbocycles. The van der Waals surface area contributed by atoms with Crippen molar-refractivity contribution in [1.29, 1.82) is 0 Å². The average molecular weight is 778 g/mol. The summed E-state index contributed by atoms with van der Waals surface area (Å²) in [7, 11) is 0. The summed E-state index contributed by atoms with van der Waals surface area (Å²) < 4.78 is 19.6. The maximum atomic E-state index is 12.4. The second kappa shape index (κ2) is 18.2. The van der Waals surface area contributed by atoms with E-state index in [-0.39, 0.29) is 7.43 Å². The van der Waals surface area contributed by atoms with Gasteiger partial charge in [0.05, 0.1) is 41.1 Å². The number of pyridine rings is 2. The fourth-order valence-corrected chi connectivity index (χ4v) is 6.08. The minimum atomic E-state index is -1.36. The van der Waals surface area contributed by atoms with E-state index in [1.54, 1.807) is 33.8 Å². The van der Waals surface area contributed by atoms with Crippen LogP contribution in [0.2, 0.25) is 0 Å². The van der Waals surface area contributed by atoms with Gasteiger partial charge in [-0.15, -0.1) is 0 Å². The Morgan fingerprint density at radius 3 is 1.60 bits per heavy atom. The lowest BCUT2D eigenvalue weighted by Crippen LogP contribution is -2.25. The molecule has 8 aromatic rings. The molecule has 1 unspecified atom stereocenters. The second-order valence-corrected chi connectivity index (χ2v) is 15.5. The van der Waals surface area contributed by atoms with Crippen LogP contribution in [0.3, 0.4) is 0 Å². The van der Waals surface area contributed by atoms with Gasteiger partial charge in [0.25, 0.3) is 0 Å². The largest absolute Gasteiger partial charge is 0.591 e. The van der Waals surface area contributed by atoms with Gasteiger partial charge >= 0.3 is 0 Å². The van der Waals surface area contributed by atoms with Gasteiger partial charge < -0.3 is 15.2 Å². The zero-order valence-corrected chi connectivity index (χ0v) is 31.8. The van der Waals surface area contributed by atoms with E-state index in [1.165, 1.54) is 6.20 Å². The van der Waals surface area contributed by atoms with Gasteiger partial charge in [0, 0.05) is 61.1 Å². The van der Waals surface area contributed by atoms with Crippen LogP contribution in [0.5, 0.6) is 0 Å². The maximum Gasteiger partial charge on any atom is 0.168 e. The lowest BCUT2D eigenvalue weighted by molar-refractivity contribution is 0.112. The highest BCUT2D eigenvalue weighted by atomic mass is 32.2. The van der Waals surface area contributed by atoms with Crippen molar-refractivity contribution in [2.24, 2.45) is 4.40 Å². The molecule has 0 spiro atoms. The van der Waals surface area contributed by atoms with Gasteiger partial charge in [-0.3, -0.25) is 14.8 Å². The van der Waals surface area contributed by atoms with Gasteiger partial charge in [-0.05, 0) is 44.0 Å². The average Bonchev–Trinajstić information content (AvgIpc) is 3.86. The van der Waals surface area contributed by atoms with Gasteiger partial charge in [0.2, 0.25) is 0 Å². The molecule has 14 heteroatoms. The Balaban J connectivity index is 0.000000193. The Kier molecular flexibility index (Phi) is 12.8. The van der Waals surface area contributed by atoms with E-state index in [0.717, 1.165) is 51.6 Å². The summed E-state index contributed by atoms with van der Waals surface area (Å²) in [6.45, 7) is 6.87. The summed E-state index contributed by atoms with van der Waals surface area (Å²) >= 11 is -1.36. The monoisotopic (exact) mass is 777 g/mol. The molecule has 0 aliphatic rings. The number of fused-ring (bicyclic) bond motifs is 2. The number of nitrogens with zero attached hydrogens (tertiary/aromatic N) is 9. The number of anilines is 2. The fraction of sp³-hybridized carbons (Fsp3) is 0.163. The van der Waals surface area contributed by atoms with E-state index in [2.05, 4.69) is 40.2 Å². The molecule has 0 aliphatic heterocycles. The van der Waals surface area contributed by atoms with E-state index in [1.807, 2.05) is 130 Å². The lowest BCUT2D eigenvalue weighted by atomic mass is 10.1. The fourth-order valence-electron chi connectivity index (χ4n) is 5.55. The Morgan fingerprint density at radius 2 is 1.16 bits per heavy atom. The Bertz CT molecular complexity index is 2560. The van der Waals surface area contributed by atoms with Crippen LogP contribution in [-0.4, -0.2) is 61.0 Å². The van der Waals surface area contributed by atoms with Gasteiger partial charge in [-0.25, -0.2) is 9.97 Å². The van der Waals surface area contributed by atoms with Crippen molar-refractivity contribution < 1.29 is 9.35 Å². The first kappa shape index (κ1) is 39.9. The number of hydrogen-bond acceptors (Lipinski definition) is 11. The van der Waals surface area contributed by atoms with Crippen LogP contribution in [0.1, 0.15) is 55.2 Å². The molecule has 2 aromatic carbocycles. The predicted molar refractivity (Wildman–Crippen MR) is 228 cm³/mol. The minimum Gasteiger partial charge on any atom is -0.591 e. The molecule has 0 amide bonds. The third-order valence-corrected chi connectivity index (χ3v) is 9.81. The van der Waals surface area contributed by atoms with E-state index >= 15 is 0 Å². The molecule has 8 rings (SSSR count). The first-order chi connectivity index (χ1) is 27.3. The molecule has 6 heterocycles. The highest BCUT2D eigenvalue weighted by Gasteiger charge is 2.26. The normalized spacial score (nSPS) is 11.8. The van der Waals surface area contributed by atoms with Gasteiger partial charge in [-0.1, -0.05) is 84.6 Å². The van der Waals surface area contributed by atoms with E-state index in [0.29, 0.717) is 35.5 Å². The number of hydrogen-bond donors (Lipinski definition) is 2. The molecule has 0 saturated carbocycles. The highest BCUT2D eigenvalue weighted by Crippen LogP contribution is 2.26. The van der Waals surface area contributed by atoms with Crippen LogP contribution in [0.15, 0.2) is 139 Å². The van der Waals surface area contributed by atoms with Crippen molar-refractivity contribution in [2.75, 3.05) is 10.6 Å². The second-order valence-electron chi connectivity index (χ2n) is 13.6. The van der Waals surface area contributed by atoms with Crippen molar-refractivity contribution in [2.45, 2.75) is 46.0 Å². The standard InChI is InChI=1S/C23H24N6OS.C19H15N5O.CH4/c1-23(2,3)31(30)27-16-19-15-26-29-21(25-14-17-8-7-11-24-13-17)12-20(28-22(19)29)18-9-5-4-6-10-18;25-13-16-12-22-24-18(21-11-14-5-4-8-20-10-14)9-17(23-19(16)24)15-6-2-1-3-7-15;/h4-13,15-16,25H,14H2,1-3H3;1-10,12-13,21H,11H2;1H4. The number of nitrogens with one attached hydrogen (secondary N) is 2. The maximum absolute atomic E-state index is 12.4. The molecule has 0 saturated heterocycles. The molecule has 6 aromatic heterocycles. The molecule has 2 N–H and O–H groups in total. The topological polar surface area (TPSA) is 163 Å². The quantitative estimate of drug-likeness (QED) is 0.0745. The first-order valence-corrected chi connectivity index (χ1v) is 18.9. The number of carbonyl (C=O) groups excluding carboxylic acids is 1. The van der Waals surface area contributed by atoms with Crippen molar-refractivity contribution >= 4 is 46.8 Å². The number of rotatable bonds is 11. The zero-order chi connectivity index (χ0) is 38.9. The SMILES string of the molecule is C.CC(C)(C)[S+]([O-])N=Cc1cnn2c(NCc3cccnc3)cc(-c3ccccc3)nc12.O=Cc1cnn2c(NCc3cccnc3)cc(-c3ccccc3)nc12. The van der Waals surface area contributed by atoms with Crippen LogP contribution in [0.25, 0.3) is 33.8 Å². The molecule has 0 fully saturated rings. The van der Waals surface area contributed by atoms with Gasteiger partial charge in [-0.2, -0.15) is 19.2 Å². The highest BCUT2D eigenvalue weighted by molar-refractivity contribution is 7.91. The summed E-state index contributed by atoms with van der Waals surface area (Å²) in [4.78, 5) is 29.0. The molecular weight excluding hydrogens is 735 g/mol. The number of benzene rings is 2. The third kappa shape index (κ3) is 9.73. The van der Waals surface area contributed by atoms with Gasteiger partial charge in [0.1, 0.15) is 27.7 Å². The van der Waals surface area contributed by atoms with Crippen LogP contribution in [0.4, 0.5) is 11.6 Å². The van der Waals surface area contributed by atoms with Crippen LogP contribution in [0, 0.1) is 0 Å². The van der Waals surface area contributed by atoms with Crippen molar-refractivity contribution in [3.05, 3.63) is 156 Å². The third-order valence-electron chi connectivity index (χ3n) is 8.47. The van der Waals surface area contributed by atoms with E-state index < -0.39 is 16.1 Å². The summed E-state index contributed by atoms with van der Waals surface area (Å²) in [5, 5.41) is 15.6. The van der Waals surface area contributed by atoms with Crippen LogP contribution in [-0.2, 0) is 24.5 Å². The molecule has 288 valence electrons. The molecule has 0 radical (unpaired) electrons. The van der Waals surface area contributed by atoms with Crippen LogP contribution >= 0.6 is 0 Å². The number of carbonyl (C=O) groups is 1. The Morgan fingerprint density at radius 1 is 0.684 bits per heavy atom. The summed E-state index contributed by atoms with van der Waals surface area (Å²) in [5.74, 6) is 1.56. The Hall–Kier alpha value is -6.77. The molecule has 0 bridgehead atoms. The molecular formula is C43H43N11O2S. The van der Waals surface area contributed by atoms with E-state index in [4.69, 9.17) is 4.98 Å². The number of aldehydes is 1. The summed E-state index contributed by atoms with van der Waals surface area (Å²) in [6.07, 6.45) is 12.7. The van der Waals surface area contributed by atoms with Crippen LogP contribution < -0.4 is 10.6 Å². The predicted octanol–water partition coefficient (Wildman–Crippen LogP) is 8.14. The lowest BCUT2D eigenvalue weighted by Gasteiger charge is -2.17. The van der Waals surface area contributed by atoms with Crippen molar-refractivity contribution in [1.82, 2.24) is 39.2 Å². The molecule has 1 atom stereocenters. The summed E-state index contributed by atoms with van der Waals surface area (Å²) in [5.41, 5.74) is 8.03. The molecule has 13 nitrogen and oxygen atoms in total. The molecule has 57 heavy (non-hydrogen) atoms. The summed E-state index contributed by atoms with van der Waals surface area (Å²) in [6, 6.07) is 31.5. The minimum absolute atomic E-state index is 0. The smallest absolute Gasteiger partial charge is 0.168 e. The van der Waals surface area contributed by atoms with Gasteiger partial charge in [0.15, 0.2) is 17.6 Å². The Labute approximate surface area is 334 Å².